The third-order valence-corrected chi connectivity index (χ3v) is 3.59. The smallest absolute Gasteiger partial charge is 0.419 e. The lowest BCUT2D eigenvalue weighted by molar-refractivity contribution is 0.0544. The van der Waals surface area contributed by atoms with Crippen molar-refractivity contribution in [2.75, 3.05) is 13.7 Å². The number of ether oxygens (including phenoxy) is 2. The second kappa shape index (κ2) is 11.7. The molecule has 0 saturated heterocycles. The van der Waals surface area contributed by atoms with E-state index in [0.717, 1.165) is 34.3 Å². The van der Waals surface area contributed by atoms with Gasteiger partial charge in [0.05, 0.1) is 12.6 Å². The topological polar surface area (TPSA) is 52.5 Å². The Morgan fingerprint density at radius 3 is 2.26 bits per heavy atom. The van der Waals surface area contributed by atoms with Crippen LogP contribution in [0.3, 0.4) is 0 Å². The van der Waals surface area contributed by atoms with E-state index in [1.807, 2.05) is 67.5 Å². The minimum Gasteiger partial charge on any atom is -0.496 e. The molecule has 27 heavy (non-hydrogen) atoms. The SMILES string of the molecule is CC.CC.CCNCc1c(OC)cc(C)c2c1ccn2C(=O)OC(C)(C)C. The number of carbonyl (C=O) groups is 1. The number of carbonyl (C=O) groups excluding carboxylic acids is 1. The molecular weight excluding hydrogens is 340 g/mol. The molecule has 0 radical (unpaired) electrons. The first-order valence-corrected chi connectivity index (χ1v) is 9.90. The van der Waals surface area contributed by atoms with Gasteiger partial charge in [0.1, 0.15) is 11.4 Å². The molecule has 0 aliphatic heterocycles. The first-order valence-electron chi connectivity index (χ1n) is 9.90. The molecule has 5 nitrogen and oxygen atoms in total. The second-order valence-corrected chi connectivity index (χ2v) is 6.58. The summed E-state index contributed by atoms with van der Waals surface area (Å²) in [6.45, 7) is 19.2. The van der Waals surface area contributed by atoms with Gasteiger partial charge >= 0.3 is 6.09 Å². The van der Waals surface area contributed by atoms with Gasteiger partial charge in [-0.2, -0.15) is 0 Å². The van der Waals surface area contributed by atoms with E-state index in [4.69, 9.17) is 9.47 Å². The van der Waals surface area contributed by atoms with E-state index in [-0.39, 0.29) is 6.09 Å². The Hall–Kier alpha value is -2.01. The van der Waals surface area contributed by atoms with Gasteiger partial charge < -0.3 is 14.8 Å². The van der Waals surface area contributed by atoms with Gasteiger partial charge in [-0.05, 0) is 51.9 Å². The van der Waals surface area contributed by atoms with E-state index in [1.165, 1.54) is 0 Å². The summed E-state index contributed by atoms with van der Waals surface area (Å²) in [5.74, 6) is 0.831. The van der Waals surface area contributed by atoms with Crippen LogP contribution in [0.15, 0.2) is 18.3 Å². The van der Waals surface area contributed by atoms with E-state index in [2.05, 4.69) is 12.2 Å². The molecule has 0 aliphatic rings. The fourth-order valence-corrected chi connectivity index (χ4v) is 2.64. The van der Waals surface area contributed by atoms with Crippen molar-refractivity contribution in [2.45, 2.75) is 74.5 Å². The molecule has 0 amide bonds. The van der Waals surface area contributed by atoms with Crippen LogP contribution in [-0.2, 0) is 11.3 Å². The lowest BCUT2D eigenvalue weighted by Crippen LogP contribution is -2.26. The minimum absolute atomic E-state index is 0.366. The van der Waals surface area contributed by atoms with E-state index in [9.17, 15) is 4.79 Å². The highest BCUT2D eigenvalue weighted by Crippen LogP contribution is 2.32. The molecule has 2 rings (SSSR count). The van der Waals surface area contributed by atoms with Crippen LogP contribution in [0, 0.1) is 6.92 Å². The fourth-order valence-electron chi connectivity index (χ4n) is 2.64. The summed E-state index contributed by atoms with van der Waals surface area (Å²) in [5, 5.41) is 4.33. The highest BCUT2D eigenvalue weighted by Gasteiger charge is 2.21. The number of aryl methyl sites for hydroxylation is 1. The third kappa shape index (κ3) is 6.58. The maximum absolute atomic E-state index is 12.5. The minimum atomic E-state index is -0.527. The number of hydrogen-bond acceptors (Lipinski definition) is 4. The molecule has 5 heteroatoms. The van der Waals surface area contributed by atoms with Gasteiger partial charge in [-0.3, -0.25) is 4.57 Å². The van der Waals surface area contributed by atoms with Crippen LogP contribution in [0.2, 0.25) is 0 Å². The van der Waals surface area contributed by atoms with Crippen molar-refractivity contribution in [3.8, 4) is 5.75 Å². The Morgan fingerprint density at radius 2 is 1.78 bits per heavy atom. The number of fused-ring (bicyclic) bond motifs is 1. The first-order chi connectivity index (χ1) is 12.8. The average Bonchev–Trinajstić information content (AvgIpc) is 3.08. The summed E-state index contributed by atoms with van der Waals surface area (Å²) < 4.78 is 12.6. The quantitative estimate of drug-likeness (QED) is 0.719. The molecule has 0 bridgehead atoms. The standard InChI is InChI=1S/C18H26N2O3.2C2H6/c1-7-19-11-14-13-8-9-20(17(21)23-18(3,4)5)16(13)12(2)10-15(14)22-6;2*1-2/h8-10,19H,7,11H2,1-6H3;2*1-2H3. The van der Waals surface area contributed by atoms with Crippen LogP contribution >= 0.6 is 0 Å². The van der Waals surface area contributed by atoms with Crippen molar-refractivity contribution in [1.82, 2.24) is 9.88 Å². The van der Waals surface area contributed by atoms with Gasteiger partial charge in [-0.1, -0.05) is 34.6 Å². The van der Waals surface area contributed by atoms with Gasteiger partial charge in [0, 0.05) is 23.7 Å². The number of rotatable bonds is 4. The molecule has 1 aromatic carbocycles. The molecule has 0 aliphatic carbocycles. The number of nitrogens with one attached hydrogen (secondary N) is 1. The summed E-state index contributed by atoms with van der Waals surface area (Å²) in [7, 11) is 1.67. The number of benzene rings is 1. The summed E-state index contributed by atoms with van der Waals surface area (Å²) in [4.78, 5) is 12.5. The molecule has 1 N–H and O–H groups in total. The zero-order valence-electron chi connectivity index (χ0n) is 18.8. The van der Waals surface area contributed by atoms with Crippen LogP contribution < -0.4 is 10.1 Å². The Morgan fingerprint density at radius 1 is 1.19 bits per heavy atom. The molecule has 2 aromatic rings. The van der Waals surface area contributed by atoms with Crippen LogP contribution in [0.25, 0.3) is 10.9 Å². The predicted molar refractivity (Wildman–Crippen MR) is 115 cm³/mol. The molecule has 0 unspecified atom stereocenters. The maximum Gasteiger partial charge on any atom is 0.419 e. The molecule has 0 spiro atoms. The number of hydrogen-bond donors (Lipinski definition) is 1. The normalized spacial score (nSPS) is 10.4. The molecule has 154 valence electrons. The Kier molecular flexibility index (Phi) is 10.8. The number of methoxy groups -OCH3 is 1. The molecule has 1 heterocycles. The highest BCUT2D eigenvalue weighted by atomic mass is 16.6. The van der Waals surface area contributed by atoms with Crippen LogP contribution in [-0.4, -0.2) is 29.9 Å². The lowest BCUT2D eigenvalue weighted by Gasteiger charge is -2.20. The van der Waals surface area contributed by atoms with Gasteiger partial charge in [0.25, 0.3) is 0 Å². The Balaban J connectivity index is 0.00000158. The monoisotopic (exact) mass is 378 g/mol. The van der Waals surface area contributed by atoms with Crippen LogP contribution in [0.4, 0.5) is 4.79 Å². The Bertz CT molecular complexity index is 712. The van der Waals surface area contributed by atoms with E-state index >= 15 is 0 Å². The van der Waals surface area contributed by atoms with Crippen molar-refractivity contribution >= 4 is 17.0 Å². The van der Waals surface area contributed by atoms with Gasteiger partial charge in [-0.15, -0.1) is 0 Å². The zero-order valence-corrected chi connectivity index (χ0v) is 18.8. The van der Waals surface area contributed by atoms with Crippen molar-refractivity contribution in [3.63, 3.8) is 0 Å². The maximum atomic E-state index is 12.5. The summed E-state index contributed by atoms with van der Waals surface area (Å²) >= 11 is 0. The van der Waals surface area contributed by atoms with E-state index < -0.39 is 5.60 Å². The van der Waals surface area contributed by atoms with Crippen molar-refractivity contribution in [1.29, 1.82) is 0 Å². The van der Waals surface area contributed by atoms with Gasteiger partial charge in [-0.25, -0.2) is 4.79 Å². The van der Waals surface area contributed by atoms with Crippen molar-refractivity contribution < 1.29 is 14.3 Å². The number of nitrogens with zero attached hydrogens (tertiary/aromatic N) is 1. The van der Waals surface area contributed by atoms with Crippen molar-refractivity contribution in [2.24, 2.45) is 0 Å². The van der Waals surface area contributed by atoms with Crippen LogP contribution in [0.5, 0.6) is 5.75 Å². The predicted octanol–water partition coefficient (Wildman–Crippen LogP) is 5.90. The molecule has 1 aromatic heterocycles. The molecule has 0 saturated carbocycles. The van der Waals surface area contributed by atoms with Crippen LogP contribution in [0.1, 0.15) is 66.5 Å². The largest absolute Gasteiger partial charge is 0.496 e. The molecular formula is C22H38N2O3. The summed E-state index contributed by atoms with van der Waals surface area (Å²) in [5.41, 5.74) is 2.37. The van der Waals surface area contributed by atoms with Gasteiger partial charge in [0.2, 0.25) is 0 Å². The highest BCUT2D eigenvalue weighted by molar-refractivity contribution is 5.95. The van der Waals surface area contributed by atoms with E-state index in [1.54, 1.807) is 17.9 Å². The summed E-state index contributed by atoms with van der Waals surface area (Å²) in [6.07, 6.45) is 1.40. The van der Waals surface area contributed by atoms with Gasteiger partial charge in [0.15, 0.2) is 0 Å². The summed E-state index contributed by atoms with van der Waals surface area (Å²) in [6, 6.07) is 3.91. The second-order valence-electron chi connectivity index (χ2n) is 6.58. The van der Waals surface area contributed by atoms with E-state index in [0.29, 0.717) is 6.54 Å². The Labute approximate surface area is 165 Å². The molecule has 0 atom stereocenters. The third-order valence-electron chi connectivity index (χ3n) is 3.59. The van der Waals surface area contributed by atoms with Crippen molar-refractivity contribution in [3.05, 3.63) is 29.5 Å². The molecule has 0 fully saturated rings. The zero-order chi connectivity index (χ0) is 21.2. The fraction of sp³-hybridized carbons (Fsp3) is 0.591. The number of aromatic nitrogens is 1. The average molecular weight is 379 g/mol. The lowest BCUT2D eigenvalue weighted by atomic mass is 10.0. The first kappa shape index (κ1) is 25.0.